The molecule has 7 nitrogen and oxygen atoms in total. The van der Waals surface area contributed by atoms with Crippen molar-refractivity contribution in [3.63, 3.8) is 0 Å². The molecule has 0 spiro atoms. The van der Waals surface area contributed by atoms with Crippen molar-refractivity contribution in [2.24, 2.45) is 0 Å². The SMILES string of the molecule is CCOC(=O)c1c(NC(=O)COc2ccccc2C)sc(C(=O)Nc2ccccc2C)c1C. The molecule has 2 N–H and O–H groups in total. The van der Waals surface area contributed by atoms with Crippen LogP contribution in [0.1, 0.15) is 43.6 Å². The summed E-state index contributed by atoms with van der Waals surface area (Å²) in [5, 5.41) is 5.82. The molecule has 2 amide bonds. The Morgan fingerprint density at radius 1 is 0.909 bits per heavy atom. The molecule has 0 atom stereocenters. The lowest BCUT2D eigenvalue weighted by Gasteiger charge is -2.10. The van der Waals surface area contributed by atoms with Crippen LogP contribution >= 0.6 is 11.3 Å². The number of nitrogens with one attached hydrogen (secondary N) is 2. The third-order valence-electron chi connectivity index (χ3n) is 4.93. The summed E-state index contributed by atoms with van der Waals surface area (Å²) in [5.74, 6) is -0.819. The summed E-state index contributed by atoms with van der Waals surface area (Å²) >= 11 is 1.03. The molecular formula is C25H26N2O5S. The van der Waals surface area contributed by atoms with Crippen molar-refractivity contribution in [1.82, 2.24) is 0 Å². The Morgan fingerprint density at radius 2 is 1.58 bits per heavy atom. The van der Waals surface area contributed by atoms with Crippen LogP contribution in [0, 0.1) is 20.8 Å². The maximum atomic E-state index is 13.0. The first-order chi connectivity index (χ1) is 15.8. The van der Waals surface area contributed by atoms with Gasteiger partial charge < -0.3 is 20.1 Å². The van der Waals surface area contributed by atoms with Gasteiger partial charge in [0.15, 0.2) is 6.61 Å². The zero-order valence-corrected chi connectivity index (χ0v) is 19.8. The maximum Gasteiger partial charge on any atom is 0.341 e. The molecule has 3 rings (SSSR count). The first-order valence-electron chi connectivity index (χ1n) is 10.5. The Bertz CT molecular complexity index is 1190. The third kappa shape index (κ3) is 5.78. The number of hydrogen-bond donors (Lipinski definition) is 2. The van der Waals surface area contributed by atoms with Crippen LogP contribution in [-0.4, -0.2) is 31.0 Å². The number of aryl methyl sites for hydroxylation is 2. The van der Waals surface area contributed by atoms with Crippen molar-refractivity contribution < 1.29 is 23.9 Å². The quantitative estimate of drug-likeness (QED) is 0.450. The molecule has 1 aromatic heterocycles. The van der Waals surface area contributed by atoms with Crippen LogP contribution in [0.4, 0.5) is 10.7 Å². The molecule has 0 unspecified atom stereocenters. The Hall–Kier alpha value is -3.65. The average molecular weight is 467 g/mol. The monoisotopic (exact) mass is 466 g/mol. The minimum absolute atomic E-state index is 0.168. The highest BCUT2D eigenvalue weighted by Gasteiger charge is 2.27. The van der Waals surface area contributed by atoms with Crippen LogP contribution < -0.4 is 15.4 Å². The predicted octanol–water partition coefficient (Wildman–Crippen LogP) is 5.12. The highest BCUT2D eigenvalue weighted by atomic mass is 32.1. The molecule has 0 fully saturated rings. The molecule has 0 bridgehead atoms. The largest absolute Gasteiger partial charge is 0.483 e. The van der Waals surface area contributed by atoms with E-state index in [1.54, 1.807) is 26.0 Å². The van der Waals surface area contributed by atoms with Crippen LogP contribution in [0.5, 0.6) is 5.75 Å². The second kappa shape index (κ2) is 10.8. The number of hydrogen-bond acceptors (Lipinski definition) is 6. The van der Waals surface area contributed by atoms with Crippen LogP contribution in [0.3, 0.4) is 0 Å². The standard InChI is InChI=1S/C25H26N2O5S/c1-5-31-25(30)21-17(4)22(23(29)26-18-12-8-6-10-15(18)2)33-24(21)27-20(28)14-32-19-13-9-7-11-16(19)3/h6-13H,5,14H2,1-4H3,(H,26,29)(H,27,28). The van der Waals surface area contributed by atoms with Gasteiger partial charge in [-0.3, -0.25) is 9.59 Å². The van der Waals surface area contributed by atoms with Gasteiger partial charge >= 0.3 is 5.97 Å². The predicted molar refractivity (Wildman–Crippen MR) is 129 cm³/mol. The maximum absolute atomic E-state index is 13.0. The van der Waals surface area contributed by atoms with Gasteiger partial charge in [-0.1, -0.05) is 36.4 Å². The van der Waals surface area contributed by atoms with E-state index in [2.05, 4.69) is 10.6 Å². The smallest absolute Gasteiger partial charge is 0.341 e. The number of carbonyl (C=O) groups is 3. The van der Waals surface area contributed by atoms with E-state index in [0.717, 1.165) is 22.5 Å². The van der Waals surface area contributed by atoms with Gasteiger partial charge in [-0.15, -0.1) is 11.3 Å². The summed E-state index contributed by atoms with van der Waals surface area (Å²) < 4.78 is 10.8. The molecule has 33 heavy (non-hydrogen) atoms. The molecule has 3 aromatic rings. The van der Waals surface area contributed by atoms with E-state index in [9.17, 15) is 14.4 Å². The lowest BCUT2D eigenvalue weighted by Crippen LogP contribution is -2.21. The van der Waals surface area contributed by atoms with E-state index in [0.29, 0.717) is 21.9 Å². The van der Waals surface area contributed by atoms with Crippen molar-refractivity contribution >= 4 is 39.8 Å². The molecule has 0 radical (unpaired) electrons. The lowest BCUT2D eigenvalue weighted by molar-refractivity contribution is -0.118. The first-order valence-corrected chi connectivity index (χ1v) is 11.3. The minimum atomic E-state index is -0.601. The summed E-state index contributed by atoms with van der Waals surface area (Å²) in [4.78, 5) is 38.5. The van der Waals surface area contributed by atoms with Gasteiger partial charge in [0.2, 0.25) is 0 Å². The van der Waals surface area contributed by atoms with Gasteiger partial charge in [-0.05, 0) is 56.5 Å². The van der Waals surface area contributed by atoms with Crippen LogP contribution in [0.2, 0.25) is 0 Å². The summed E-state index contributed by atoms with van der Waals surface area (Å²) in [7, 11) is 0. The topological polar surface area (TPSA) is 93.7 Å². The molecule has 0 aliphatic rings. The molecule has 172 valence electrons. The zero-order valence-electron chi connectivity index (χ0n) is 19.0. The van der Waals surface area contributed by atoms with Crippen molar-refractivity contribution in [2.75, 3.05) is 23.8 Å². The minimum Gasteiger partial charge on any atom is -0.483 e. The molecule has 0 aliphatic heterocycles. The normalized spacial score (nSPS) is 10.4. The Kier molecular flexibility index (Phi) is 7.84. The number of thiophene rings is 1. The highest BCUT2D eigenvalue weighted by Crippen LogP contribution is 2.34. The van der Waals surface area contributed by atoms with Crippen molar-refractivity contribution in [1.29, 1.82) is 0 Å². The summed E-state index contributed by atoms with van der Waals surface area (Å²) in [6.07, 6.45) is 0. The van der Waals surface area contributed by atoms with Crippen LogP contribution in [-0.2, 0) is 9.53 Å². The summed E-state index contributed by atoms with van der Waals surface area (Å²) in [6.45, 7) is 7.06. The zero-order chi connectivity index (χ0) is 24.0. The second-order valence-corrected chi connectivity index (χ2v) is 8.37. The van der Waals surface area contributed by atoms with Crippen molar-refractivity contribution in [3.05, 3.63) is 75.7 Å². The molecule has 1 heterocycles. The number of para-hydroxylation sites is 2. The van der Waals surface area contributed by atoms with Crippen molar-refractivity contribution in [2.45, 2.75) is 27.7 Å². The van der Waals surface area contributed by atoms with E-state index in [1.165, 1.54) is 0 Å². The van der Waals surface area contributed by atoms with E-state index < -0.39 is 11.9 Å². The van der Waals surface area contributed by atoms with Crippen LogP contribution in [0.15, 0.2) is 48.5 Å². The van der Waals surface area contributed by atoms with Gasteiger partial charge in [-0.25, -0.2) is 4.79 Å². The Morgan fingerprint density at radius 3 is 2.24 bits per heavy atom. The van der Waals surface area contributed by atoms with Gasteiger partial charge in [0.1, 0.15) is 10.8 Å². The van der Waals surface area contributed by atoms with Gasteiger partial charge in [0.05, 0.1) is 17.0 Å². The summed E-state index contributed by atoms with van der Waals surface area (Å²) in [5.41, 5.74) is 3.10. The third-order valence-corrected chi connectivity index (χ3v) is 6.14. The van der Waals surface area contributed by atoms with Gasteiger partial charge in [-0.2, -0.15) is 0 Å². The molecule has 2 aromatic carbocycles. The fourth-order valence-corrected chi connectivity index (χ4v) is 4.29. The average Bonchev–Trinajstić information content (AvgIpc) is 3.10. The number of benzene rings is 2. The number of carbonyl (C=O) groups excluding carboxylic acids is 3. The first kappa shape index (κ1) is 24.0. The molecular weight excluding hydrogens is 440 g/mol. The van der Waals surface area contributed by atoms with Gasteiger partial charge in [0, 0.05) is 5.69 Å². The molecule has 0 aliphatic carbocycles. The number of anilines is 2. The van der Waals surface area contributed by atoms with E-state index in [1.807, 2.05) is 50.2 Å². The molecule has 0 saturated carbocycles. The summed E-state index contributed by atoms with van der Waals surface area (Å²) in [6, 6.07) is 14.8. The Balaban J connectivity index is 1.83. The Labute approximate surface area is 196 Å². The highest BCUT2D eigenvalue weighted by molar-refractivity contribution is 7.19. The lowest BCUT2D eigenvalue weighted by atomic mass is 10.1. The molecule has 0 saturated heterocycles. The number of esters is 1. The number of rotatable bonds is 8. The fourth-order valence-electron chi connectivity index (χ4n) is 3.18. The fraction of sp³-hybridized carbons (Fsp3) is 0.240. The van der Waals surface area contributed by atoms with Crippen LogP contribution in [0.25, 0.3) is 0 Å². The van der Waals surface area contributed by atoms with Gasteiger partial charge in [0.25, 0.3) is 11.8 Å². The van der Waals surface area contributed by atoms with E-state index in [-0.39, 0.29) is 29.7 Å². The van der Waals surface area contributed by atoms with Crippen molar-refractivity contribution in [3.8, 4) is 5.75 Å². The van der Waals surface area contributed by atoms with E-state index in [4.69, 9.17) is 9.47 Å². The molecule has 8 heteroatoms. The number of ether oxygens (including phenoxy) is 2. The van der Waals surface area contributed by atoms with E-state index >= 15 is 0 Å². The number of amides is 2. The second-order valence-electron chi connectivity index (χ2n) is 7.35.